The average molecular weight is 332 g/mol. The van der Waals surface area contributed by atoms with Crippen molar-refractivity contribution < 1.29 is 4.79 Å². The van der Waals surface area contributed by atoms with Crippen LogP contribution in [0.2, 0.25) is 0 Å². The summed E-state index contributed by atoms with van der Waals surface area (Å²) in [6.45, 7) is 2.24. The van der Waals surface area contributed by atoms with Crippen LogP contribution in [0.15, 0.2) is 0 Å². The molecule has 0 aromatic rings. The Labute approximate surface area is 127 Å². The van der Waals surface area contributed by atoms with Gasteiger partial charge in [-0.05, 0) is 19.3 Å². The molecule has 19 heavy (non-hydrogen) atoms. The Kier molecular flexibility index (Phi) is 8.76. The first kappa shape index (κ1) is 17.0. The second-order valence-corrected chi connectivity index (χ2v) is 6.60. The van der Waals surface area contributed by atoms with Crippen LogP contribution < -0.4 is 5.32 Å². The van der Waals surface area contributed by atoms with Crippen LogP contribution in [-0.2, 0) is 4.79 Å². The molecule has 0 aromatic carbocycles. The van der Waals surface area contributed by atoms with E-state index in [9.17, 15) is 4.79 Å². The number of amides is 1. The largest absolute Gasteiger partial charge is 0.350 e. The van der Waals surface area contributed by atoms with E-state index < -0.39 is 0 Å². The minimum Gasteiger partial charge on any atom is -0.350 e. The molecule has 1 amide bonds. The van der Waals surface area contributed by atoms with E-state index in [2.05, 4.69) is 28.2 Å². The van der Waals surface area contributed by atoms with Gasteiger partial charge in [0, 0.05) is 17.3 Å². The third-order valence-corrected chi connectivity index (χ3v) is 5.30. The number of hydrogen-bond acceptors (Lipinski definition) is 1. The van der Waals surface area contributed by atoms with Crippen LogP contribution in [0.4, 0.5) is 0 Å². The zero-order valence-electron chi connectivity index (χ0n) is 12.5. The van der Waals surface area contributed by atoms with Crippen molar-refractivity contribution in [2.45, 2.75) is 89.5 Å². The number of carbonyl (C=O) groups is 1. The average Bonchev–Trinajstić information content (AvgIpc) is 2.87. The van der Waals surface area contributed by atoms with Gasteiger partial charge < -0.3 is 5.32 Å². The van der Waals surface area contributed by atoms with Crippen molar-refractivity contribution in [1.82, 2.24) is 5.32 Å². The Hall–Kier alpha value is -0.0500. The minimum absolute atomic E-state index is 0.0677. The Morgan fingerprint density at radius 2 is 1.63 bits per heavy atom. The van der Waals surface area contributed by atoms with E-state index in [4.69, 9.17) is 0 Å². The predicted octanol–water partition coefficient (Wildman–Crippen LogP) is 4.95. The summed E-state index contributed by atoms with van der Waals surface area (Å²) >= 11 is 3.56. The van der Waals surface area contributed by atoms with Crippen molar-refractivity contribution in [2.75, 3.05) is 5.33 Å². The molecule has 1 N–H and O–H groups in total. The van der Waals surface area contributed by atoms with E-state index in [1.807, 2.05) is 0 Å². The predicted molar refractivity (Wildman–Crippen MR) is 85.7 cm³/mol. The summed E-state index contributed by atoms with van der Waals surface area (Å²) in [4.78, 5) is 12.0. The first-order valence-electron chi connectivity index (χ1n) is 8.09. The van der Waals surface area contributed by atoms with Crippen LogP contribution in [-0.4, -0.2) is 16.8 Å². The van der Waals surface area contributed by atoms with Crippen molar-refractivity contribution in [3.8, 4) is 0 Å². The molecule has 0 saturated heterocycles. The van der Waals surface area contributed by atoms with Crippen molar-refractivity contribution in [1.29, 1.82) is 0 Å². The number of carbonyl (C=O) groups excluding carboxylic acids is 1. The zero-order valence-corrected chi connectivity index (χ0v) is 14.1. The van der Waals surface area contributed by atoms with E-state index in [1.165, 1.54) is 51.4 Å². The van der Waals surface area contributed by atoms with Crippen LogP contribution in [0.5, 0.6) is 0 Å². The molecule has 1 aliphatic carbocycles. The van der Waals surface area contributed by atoms with Crippen molar-refractivity contribution in [3.63, 3.8) is 0 Å². The van der Waals surface area contributed by atoms with Gasteiger partial charge >= 0.3 is 0 Å². The first-order valence-corrected chi connectivity index (χ1v) is 9.21. The second-order valence-electron chi connectivity index (χ2n) is 6.04. The fourth-order valence-corrected chi connectivity index (χ4v) is 3.65. The monoisotopic (exact) mass is 331 g/mol. The van der Waals surface area contributed by atoms with Gasteiger partial charge in [-0.25, -0.2) is 0 Å². The van der Waals surface area contributed by atoms with Crippen molar-refractivity contribution in [3.05, 3.63) is 0 Å². The topological polar surface area (TPSA) is 29.1 Å². The Bertz CT molecular complexity index is 249. The van der Waals surface area contributed by atoms with Crippen LogP contribution in [0.1, 0.15) is 84.0 Å². The standard InChI is InChI=1S/C16H30BrNO/c1-2-3-4-5-6-7-8-11-15(19)18-16(14-17)12-9-10-13-16/h2-14H2,1H3,(H,18,19). The normalized spacial score (nSPS) is 17.6. The molecule has 0 bridgehead atoms. The minimum atomic E-state index is 0.0677. The summed E-state index contributed by atoms with van der Waals surface area (Å²) in [7, 11) is 0. The number of unbranched alkanes of at least 4 members (excludes halogenated alkanes) is 6. The van der Waals surface area contributed by atoms with E-state index in [-0.39, 0.29) is 11.4 Å². The molecule has 0 atom stereocenters. The molecular formula is C16H30BrNO. The first-order chi connectivity index (χ1) is 9.22. The maximum Gasteiger partial charge on any atom is 0.220 e. The summed E-state index contributed by atoms with van der Waals surface area (Å²) in [5.41, 5.74) is 0.0677. The summed E-state index contributed by atoms with van der Waals surface area (Å²) in [6, 6.07) is 0. The van der Waals surface area contributed by atoms with Crippen molar-refractivity contribution >= 4 is 21.8 Å². The van der Waals surface area contributed by atoms with E-state index in [1.54, 1.807) is 0 Å². The van der Waals surface area contributed by atoms with Gasteiger partial charge in [-0.1, -0.05) is 74.2 Å². The molecule has 0 radical (unpaired) electrons. The third kappa shape index (κ3) is 6.78. The van der Waals surface area contributed by atoms with Gasteiger partial charge in [-0.15, -0.1) is 0 Å². The molecule has 112 valence electrons. The summed E-state index contributed by atoms with van der Waals surface area (Å²) in [6.07, 6.45) is 14.4. The number of rotatable bonds is 10. The van der Waals surface area contributed by atoms with Gasteiger partial charge in [-0.3, -0.25) is 4.79 Å². The molecule has 0 aliphatic heterocycles. The quantitative estimate of drug-likeness (QED) is 0.445. The number of halogens is 1. The molecule has 1 fully saturated rings. The highest BCUT2D eigenvalue weighted by atomic mass is 79.9. The fourth-order valence-electron chi connectivity index (χ4n) is 2.94. The Balaban J connectivity index is 2.04. The van der Waals surface area contributed by atoms with Gasteiger partial charge in [0.25, 0.3) is 0 Å². The fraction of sp³-hybridized carbons (Fsp3) is 0.938. The molecule has 3 heteroatoms. The highest BCUT2D eigenvalue weighted by Crippen LogP contribution is 2.31. The van der Waals surface area contributed by atoms with Gasteiger partial charge in [0.1, 0.15) is 0 Å². The summed E-state index contributed by atoms with van der Waals surface area (Å²) in [5, 5.41) is 4.17. The molecule has 2 nitrogen and oxygen atoms in total. The Morgan fingerprint density at radius 1 is 1.05 bits per heavy atom. The smallest absolute Gasteiger partial charge is 0.220 e. The molecular weight excluding hydrogens is 302 g/mol. The molecule has 0 aromatic heterocycles. The van der Waals surface area contributed by atoms with E-state index in [0.29, 0.717) is 6.42 Å². The van der Waals surface area contributed by atoms with Crippen LogP contribution >= 0.6 is 15.9 Å². The summed E-state index contributed by atoms with van der Waals surface area (Å²) in [5.74, 6) is 0.259. The van der Waals surface area contributed by atoms with Gasteiger partial charge in [0.05, 0.1) is 0 Å². The SMILES string of the molecule is CCCCCCCCCC(=O)NC1(CBr)CCCC1. The maximum absolute atomic E-state index is 12.0. The highest BCUT2D eigenvalue weighted by Gasteiger charge is 2.33. The highest BCUT2D eigenvalue weighted by molar-refractivity contribution is 9.09. The van der Waals surface area contributed by atoms with Gasteiger partial charge in [0.2, 0.25) is 5.91 Å². The molecule has 0 unspecified atom stereocenters. The number of alkyl halides is 1. The lowest BCUT2D eigenvalue weighted by atomic mass is 10.00. The maximum atomic E-state index is 12.0. The summed E-state index contributed by atoms with van der Waals surface area (Å²) < 4.78 is 0. The van der Waals surface area contributed by atoms with E-state index in [0.717, 1.165) is 24.6 Å². The van der Waals surface area contributed by atoms with Gasteiger partial charge in [-0.2, -0.15) is 0 Å². The molecule has 1 aliphatic rings. The second kappa shape index (κ2) is 9.79. The number of hydrogen-bond donors (Lipinski definition) is 1. The van der Waals surface area contributed by atoms with Crippen molar-refractivity contribution in [2.24, 2.45) is 0 Å². The molecule has 1 saturated carbocycles. The molecule has 0 spiro atoms. The van der Waals surface area contributed by atoms with Crippen LogP contribution in [0.3, 0.4) is 0 Å². The van der Waals surface area contributed by atoms with Crippen LogP contribution in [0, 0.1) is 0 Å². The lowest BCUT2D eigenvalue weighted by Crippen LogP contribution is -2.47. The lowest BCUT2D eigenvalue weighted by Gasteiger charge is -2.28. The zero-order chi connectivity index (χ0) is 14.0. The third-order valence-electron chi connectivity index (χ3n) is 4.23. The number of nitrogens with one attached hydrogen (secondary N) is 1. The Morgan fingerprint density at radius 3 is 2.21 bits per heavy atom. The van der Waals surface area contributed by atoms with Gasteiger partial charge in [0.15, 0.2) is 0 Å². The molecule has 1 rings (SSSR count). The van der Waals surface area contributed by atoms with Crippen LogP contribution in [0.25, 0.3) is 0 Å². The lowest BCUT2D eigenvalue weighted by molar-refractivity contribution is -0.122. The molecule has 0 heterocycles. The van der Waals surface area contributed by atoms with E-state index >= 15 is 0 Å².